The molecule has 8 rings (SSSR count). The molecule has 2 spiro atoms. The van der Waals surface area contributed by atoms with E-state index in [4.69, 9.17) is 33.2 Å². The van der Waals surface area contributed by atoms with Gasteiger partial charge in [-0.25, -0.2) is 0 Å². The lowest BCUT2D eigenvalue weighted by Crippen LogP contribution is -2.64. The van der Waals surface area contributed by atoms with Gasteiger partial charge in [0.05, 0.1) is 37.4 Å². The topological polar surface area (TPSA) is 203 Å². The zero-order valence-electron chi connectivity index (χ0n) is 29.3. The van der Waals surface area contributed by atoms with Crippen molar-refractivity contribution in [3.05, 3.63) is 0 Å². The molecule has 4 saturated carbocycles. The Morgan fingerprint density at radius 3 is 2.34 bits per heavy atom. The van der Waals surface area contributed by atoms with E-state index in [1.54, 1.807) is 6.92 Å². The minimum absolute atomic E-state index is 0.0422. The minimum Gasteiger partial charge on any atom is -0.462 e. The monoisotopic (exact) mass is 712 g/mol. The number of cyclic esters (lactones) is 1. The molecule has 4 saturated heterocycles. The van der Waals surface area contributed by atoms with Gasteiger partial charge in [-0.2, -0.15) is 0 Å². The van der Waals surface area contributed by atoms with Gasteiger partial charge in [-0.05, 0) is 87.9 Å². The summed E-state index contributed by atoms with van der Waals surface area (Å²) in [5, 5.41) is 64.6. The van der Waals surface area contributed by atoms with Gasteiger partial charge < -0.3 is 63.8 Å². The van der Waals surface area contributed by atoms with Crippen LogP contribution in [0, 0.1) is 34.5 Å². The molecule has 14 nitrogen and oxygen atoms in total. The van der Waals surface area contributed by atoms with Gasteiger partial charge in [0.1, 0.15) is 54.9 Å². The van der Waals surface area contributed by atoms with Crippen LogP contribution >= 0.6 is 0 Å². The Morgan fingerprint density at radius 2 is 1.62 bits per heavy atom. The molecule has 19 atom stereocenters. The smallest absolute Gasteiger partial charge is 0.308 e. The number of esters is 1. The third-order valence-electron chi connectivity index (χ3n) is 15.2. The zero-order chi connectivity index (χ0) is 35.4. The number of carbonyl (C=O) groups is 1. The molecule has 6 N–H and O–H groups in total. The summed E-state index contributed by atoms with van der Waals surface area (Å²) in [4.78, 5) is 12.2. The quantitative estimate of drug-likeness (QED) is 0.160. The van der Waals surface area contributed by atoms with Crippen LogP contribution in [0.25, 0.3) is 0 Å². The van der Waals surface area contributed by atoms with E-state index < -0.39 is 79.2 Å². The minimum atomic E-state index is -1.60. The SMILES string of the molecule is CO[C@H]1[C@H](O)[C@H](O[C@H]2CC[C@@]3(C)[C@H](CC[C@@H]4[C@@H]3CC[C@]35CO[C@@]6(COC(=O)C6)[C@H]3CC[C@]45O)C2)O[C@@H](C)[C@@H]1O[C@@H]1O[C@H](CO)[C@@H](O)[C@H](O)[C@H]1O. The molecule has 0 aromatic rings. The van der Waals surface area contributed by atoms with Crippen LogP contribution in [0.2, 0.25) is 0 Å². The number of hydrogen-bond acceptors (Lipinski definition) is 14. The van der Waals surface area contributed by atoms with Crippen molar-refractivity contribution < 1.29 is 68.6 Å². The van der Waals surface area contributed by atoms with Crippen LogP contribution in [-0.2, 0) is 38.0 Å². The van der Waals surface area contributed by atoms with Crippen molar-refractivity contribution in [2.75, 3.05) is 26.9 Å². The Balaban J connectivity index is 0.914. The van der Waals surface area contributed by atoms with Crippen LogP contribution in [0.15, 0.2) is 0 Å². The van der Waals surface area contributed by atoms with Crippen molar-refractivity contribution in [2.24, 2.45) is 34.5 Å². The van der Waals surface area contributed by atoms with Crippen LogP contribution in [-0.4, -0.2) is 142 Å². The largest absolute Gasteiger partial charge is 0.462 e. The molecule has 0 amide bonds. The van der Waals surface area contributed by atoms with E-state index in [1.165, 1.54) is 7.11 Å². The molecular weight excluding hydrogens is 656 g/mol. The lowest BCUT2D eigenvalue weighted by atomic mass is 9.43. The van der Waals surface area contributed by atoms with E-state index in [2.05, 4.69) is 6.92 Å². The fourth-order valence-electron chi connectivity index (χ4n) is 12.5. The number of rotatable bonds is 6. The van der Waals surface area contributed by atoms with Crippen LogP contribution in [0.4, 0.5) is 0 Å². The predicted molar refractivity (Wildman–Crippen MR) is 170 cm³/mol. The van der Waals surface area contributed by atoms with E-state index in [0.29, 0.717) is 31.5 Å². The number of aliphatic hydroxyl groups excluding tert-OH is 5. The van der Waals surface area contributed by atoms with Gasteiger partial charge in [0.2, 0.25) is 0 Å². The van der Waals surface area contributed by atoms with Gasteiger partial charge >= 0.3 is 5.97 Å². The Hall–Kier alpha value is -1.01. The highest BCUT2D eigenvalue weighted by atomic mass is 16.7. The first-order valence-corrected chi connectivity index (χ1v) is 18.8. The lowest BCUT2D eigenvalue weighted by Gasteiger charge is -2.63. The standard InChI is InChI=1S/C36H56O14/c1-17-29(50-31-27(41)26(40)25(39)22(14-37)49-31)30(44-3)28(42)32(47-17)48-19-6-9-33(2)18(12-19)4-5-21-20(33)7-10-34-15-46-35(13-24(38)45-16-35)23(34)8-11-36(21,34)43/h17-23,25-32,37,39-43H,4-16H2,1-3H3/t17-,18+,19-,20-,21+,22+,23-,25+,26-,27+,28-,29-,30-,31-,32-,33-,34-,35-,36-/m0/s1. The summed E-state index contributed by atoms with van der Waals surface area (Å²) in [5.41, 5.74) is -1.67. The Labute approximate surface area is 292 Å². The van der Waals surface area contributed by atoms with Crippen molar-refractivity contribution >= 4 is 5.97 Å². The van der Waals surface area contributed by atoms with Crippen LogP contribution in [0.5, 0.6) is 0 Å². The summed E-state index contributed by atoms with van der Waals surface area (Å²) < 4.78 is 41.7. The number of methoxy groups -OCH3 is 1. The van der Waals surface area contributed by atoms with Gasteiger partial charge in [-0.15, -0.1) is 0 Å². The maximum Gasteiger partial charge on any atom is 0.308 e. The Bertz CT molecular complexity index is 1290. The predicted octanol–water partition coefficient (Wildman–Crippen LogP) is 0.147. The van der Waals surface area contributed by atoms with Crippen molar-refractivity contribution in [1.82, 2.24) is 0 Å². The molecule has 8 aliphatic rings. The van der Waals surface area contributed by atoms with Gasteiger partial charge in [-0.1, -0.05) is 6.92 Å². The van der Waals surface area contributed by atoms with Crippen LogP contribution in [0.1, 0.15) is 78.1 Å². The summed E-state index contributed by atoms with van der Waals surface area (Å²) in [6, 6.07) is 0. The average molecular weight is 713 g/mol. The fraction of sp³-hybridized carbons (Fsp3) is 0.972. The molecule has 0 bridgehead atoms. The van der Waals surface area contributed by atoms with Gasteiger partial charge in [0.25, 0.3) is 0 Å². The third kappa shape index (κ3) is 5.14. The summed E-state index contributed by atoms with van der Waals surface area (Å²) >= 11 is 0. The number of fused-ring (bicyclic) bond motifs is 5. The maximum atomic E-state index is 12.7. The molecule has 284 valence electrons. The number of hydrogen-bond donors (Lipinski definition) is 6. The van der Waals surface area contributed by atoms with Gasteiger partial charge in [0.15, 0.2) is 12.6 Å². The molecule has 0 unspecified atom stereocenters. The van der Waals surface area contributed by atoms with Crippen LogP contribution in [0.3, 0.4) is 0 Å². The normalized spacial score (nSPS) is 57.5. The highest BCUT2D eigenvalue weighted by Gasteiger charge is 2.76. The first-order chi connectivity index (χ1) is 23.8. The van der Waals surface area contributed by atoms with Crippen molar-refractivity contribution in [1.29, 1.82) is 0 Å². The number of ether oxygens (including phenoxy) is 7. The van der Waals surface area contributed by atoms with Crippen molar-refractivity contribution in [3.63, 3.8) is 0 Å². The molecule has 4 aliphatic carbocycles. The molecule has 4 heterocycles. The highest BCUT2D eigenvalue weighted by molar-refractivity contribution is 5.73. The first kappa shape index (κ1) is 36.0. The average Bonchev–Trinajstić information content (AvgIpc) is 3.74. The maximum absolute atomic E-state index is 12.7. The second-order valence-corrected chi connectivity index (χ2v) is 17.1. The molecular formula is C36H56O14. The summed E-state index contributed by atoms with van der Waals surface area (Å²) in [7, 11) is 1.44. The van der Waals surface area contributed by atoms with Crippen molar-refractivity contribution in [2.45, 2.75) is 157 Å². The molecule has 0 radical (unpaired) electrons. The highest BCUT2D eigenvalue weighted by Crippen LogP contribution is 2.73. The Morgan fingerprint density at radius 1 is 0.840 bits per heavy atom. The number of carbonyl (C=O) groups excluding carboxylic acids is 1. The van der Waals surface area contributed by atoms with E-state index >= 15 is 0 Å². The summed E-state index contributed by atoms with van der Waals surface area (Å²) in [5.74, 6) is 0.902. The third-order valence-corrected chi connectivity index (χ3v) is 15.2. The second-order valence-electron chi connectivity index (χ2n) is 17.1. The zero-order valence-corrected chi connectivity index (χ0v) is 29.3. The van der Waals surface area contributed by atoms with Crippen molar-refractivity contribution in [3.8, 4) is 0 Å². The van der Waals surface area contributed by atoms with E-state index in [-0.39, 0.29) is 34.7 Å². The molecule has 0 aromatic heterocycles. The van der Waals surface area contributed by atoms with E-state index in [9.17, 15) is 35.4 Å². The second kappa shape index (κ2) is 12.8. The summed E-state index contributed by atoms with van der Waals surface area (Å²) in [6.45, 7) is 4.37. The fourth-order valence-corrected chi connectivity index (χ4v) is 12.5. The summed E-state index contributed by atoms with van der Waals surface area (Å²) in [6.07, 6.45) is -3.81. The van der Waals surface area contributed by atoms with Gasteiger partial charge in [0, 0.05) is 18.4 Å². The molecule has 4 aliphatic heterocycles. The molecule has 0 aromatic carbocycles. The van der Waals surface area contributed by atoms with E-state index in [0.717, 1.165) is 57.8 Å². The number of aliphatic hydroxyl groups is 6. The molecule has 8 fully saturated rings. The Kier molecular flexibility index (Phi) is 9.21. The lowest BCUT2D eigenvalue weighted by molar-refractivity contribution is -0.362. The first-order valence-electron chi connectivity index (χ1n) is 18.8. The van der Waals surface area contributed by atoms with E-state index in [1.807, 2.05) is 0 Å². The molecule has 50 heavy (non-hydrogen) atoms. The van der Waals surface area contributed by atoms with Crippen LogP contribution < -0.4 is 0 Å². The molecule has 14 heteroatoms. The van der Waals surface area contributed by atoms with Gasteiger partial charge in [-0.3, -0.25) is 4.79 Å².